The summed E-state index contributed by atoms with van der Waals surface area (Å²) in [5, 5.41) is 130. The molecule has 1 amide bonds. The molecule has 20 atom stereocenters. The number of rotatable bonds is 15. The van der Waals surface area contributed by atoms with Crippen LogP contribution in [0, 0.1) is 0 Å². The van der Waals surface area contributed by atoms with Gasteiger partial charge in [0.05, 0.1) is 32.0 Å². The number of ether oxygens (including phenoxy) is 8. The lowest BCUT2D eigenvalue weighted by Crippen LogP contribution is -2.69. The molecule has 0 saturated carbocycles. The van der Waals surface area contributed by atoms with Gasteiger partial charge in [-0.1, -0.05) is 0 Å². The fourth-order valence-corrected chi connectivity index (χ4v) is 7.48. The Morgan fingerprint density at radius 3 is 1.45 bits per heavy atom. The van der Waals surface area contributed by atoms with Gasteiger partial charge in [0.25, 0.3) is 0 Å². The van der Waals surface area contributed by atoms with Gasteiger partial charge in [-0.15, -0.1) is 0 Å². The molecule has 23 heteroatoms. The van der Waals surface area contributed by atoms with E-state index in [0.29, 0.717) is 6.42 Å². The van der Waals surface area contributed by atoms with Gasteiger partial charge >= 0.3 is 0 Å². The molecular weight excluding hydrogens is 760 g/mol. The molecule has 11 unspecified atom stereocenters. The first-order chi connectivity index (χ1) is 26.1. The molecule has 56 heavy (non-hydrogen) atoms. The number of carbonyl (C=O) groups is 1. The molecule has 4 aliphatic heterocycles. The lowest BCUT2D eigenvalue weighted by molar-refractivity contribution is -0.388. The van der Waals surface area contributed by atoms with Gasteiger partial charge in [-0.3, -0.25) is 4.79 Å². The lowest BCUT2D eigenvalue weighted by atomic mass is 9.90. The van der Waals surface area contributed by atoms with Crippen LogP contribution in [0.25, 0.3) is 0 Å². The number of hydrogen-bond donors (Lipinski definition) is 14. The van der Waals surface area contributed by atoms with Gasteiger partial charge in [0.2, 0.25) is 5.91 Å². The molecule has 328 valence electrons. The van der Waals surface area contributed by atoms with Crippen LogP contribution in [-0.2, 0) is 42.7 Å². The molecule has 23 nitrogen and oxygen atoms in total. The highest BCUT2D eigenvalue weighted by molar-refractivity contribution is 5.73. The van der Waals surface area contributed by atoms with Gasteiger partial charge < -0.3 is 110 Å². The van der Waals surface area contributed by atoms with E-state index < -0.39 is 166 Å². The Labute approximate surface area is 322 Å². The van der Waals surface area contributed by atoms with E-state index in [-0.39, 0.29) is 0 Å². The van der Waals surface area contributed by atoms with Crippen molar-refractivity contribution in [2.24, 2.45) is 5.73 Å². The van der Waals surface area contributed by atoms with Crippen LogP contribution in [0.1, 0.15) is 41.0 Å². The highest BCUT2D eigenvalue weighted by Crippen LogP contribution is 2.35. The lowest BCUT2D eigenvalue weighted by Gasteiger charge is -2.49. The van der Waals surface area contributed by atoms with Crippen LogP contribution in [0.5, 0.6) is 0 Å². The number of nitrogens with one attached hydrogen (secondary N) is 1. The van der Waals surface area contributed by atoms with Gasteiger partial charge in [-0.25, -0.2) is 0 Å². The SMILES string of the molecule is CC(=O)NC1C(O)[C@@H](O)C(CO)O[C@H]1OC1C(O)[C@@H](O[C@H]2C(CO)O[C@@H](O[C@@H]3C(CO)O[C@@H](OC(C)(C)CC(C)(C)N)[C@@H](O)C3O)C(O)C2O)OC(CO)[C@@H]1O. The first kappa shape index (κ1) is 47.3. The van der Waals surface area contributed by atoms with E-state index >= 15 is 0 Å². The summed E-state index contributed by atoms with van der Waals surface area (Å²) in [6.07, 6.45) is -32.6. The van der Waals surface area contributed by atoms with E-state index in [0.717, 1.165) is 6.92 Å². The molecule has 0 radical (unpaired) electrons. The summed E-state index contributed by atoms with van der Waals surface area (Å²) in [7, 11) is 0. The molecule has 0 bridgehead atoms. The molecule has 0 spiro atoms. The van der Waals surface area contributed by atoms with Crippen LogP contribution >= 0.6 is 0 Å². The minimum Gasteiger partial charge on any atom is -0.394 e. The van der Waals surface area contributed by atoms with Crippen molar-refractivity contribution in [2.45, 2.75) is 175 Å². The molecule has 4 saturated heterocycles. The molecule has 4 aliphatic rings. The second-order valence-corrected chi connectivity index (χ2v) is 15.9. The van der Waals surface area contributed by atoms with E-state index in [1.54, 1.807) is 27.7 Å². The molecule has 0 aromatic rings. The smallest absolute Gasteiger partial charge is 0.217 e. The summed E-state index contributed by atoms with van der Waals surface area (Å²) in [6, 6.07) is -1.49. The van der Waals surface area contributed by atoms with Crippen molar-refractivity contribution in [3.05, 3.63) is 0 Å². The highest BCUT2D eigenvalue weighted by atomic mass is 16.8. The summed E-state index contributed by atoms with van der Waals surface area (Å²) in [4.78, 5) is 11.9. The molecule has 4 fully saturated rings. The standard InChI is InChI=1S/C33H60N2O21/c1-11(40)35-16-19(43)17(41)12(6-36)49-28(16)55-27-18(42)13(7-37)50-30(24(27)48)54-25-14(8-38)51-29(22(46)20(25)44)53-26-15(9-39)52-31(23(47)21(26)45)56-33(4,5)10-32(2,3)34/h12-31,36-39,41-48H,6-10,34H2,1-5H3,(H,35,40)/t12?,13?,14?,15?,16?,17-,18-,19?,20?,21?,22?,23-,24?,25-,26+,27?,28-,29-,30+,31-/m0/s1. The molecule has 4 rings (SSSR count). The van der Waals surface area contributed by atoms with E-state index in [1.807, 2.05) is 0 Å². The zero-order valence-corrected chi connectivity index (χ0v) is 31.7. The maximum atomic E-state index is 11.9. The van der Waals surface area contributed by atoms with Crippen molar-refractivity contribution >= 4 is 5.91 Å². The summed E-state index contributed by atoms with van der Waals surface area (Å²) >= 11 is 0. The van der Waals surface area contributed by atoms with E-state index in [2.05, 4.69) is 5.32 Å². The molecule has 4 heterocycles. The summed E-state index contributed by atoms with van der Waals surface area (Å²) in [5.74, 6) is -0.691. The number of aliphatic hydroxyl groups is 12. The Hall–Kier alpha value is -1.37. The van der Waals surface area contributed by atoms with E-state index in [4.69, 9.17) is 43.6 Å². The van der Waals surface area contributed by atoms with Crippen LogP contribution in [0.3, 0.4) is 0 Å². The Bertz CT molecular complexity index is 1240. The second-order valence-electron chi connectivity index (χ2n) is 15.9. The minimum absolute atomic E-state index is 0.310. The van der Waals surface area contributed by atoms with Crippen LogP contribution < -0.4 is 11.1 Å². The molecule has 15 N–H and O–H groups in total. The summed E-state index contributed by atoms with van der Waals surface area (Å²) in [5.41, 5.74) is 4.48. The largest absolute Gasteiger partial charge is 0.394 e. The first-order valence-corrected chi connectivity index (χ1v) is 18.3. The summed E-state index contributed by atoms with van der Waals surface area (Å²) < 4.78 is 45.7. The predicted octanol–water partition coefficient (Wildman–Crippen LogP) is -7.67. The topological polar surface area (TPSA) is 372 Å². The number of amides is 1. The van der Waals surface area contributed by atoms with Crippen molar-refractivity contribution in [3.8, 4) is 0 Å². The zero-order valence-electron chi connectivity index (χ0n) is 31.7. The van der Waals surface area contributed by atoms with E-state index in [1.165, 1.54) is 0 Å². The Morgan fingerprint density at radius 1 is 0.554 bits per heavy atom. The quantitative estimate of drug-likeness (QED) is 0.0729. The molecule has 0 aromatic heterocycles. The average Bonchev–Trinajstić information content (AvgIpc) is 3.11. The maximum absolute atomic E-state index is 11.9. The zero-order chi connectivity index (χ0) is 42.0. The minimum atomic E-state index is -2.03. The van der Waals surface area contributed by atoms with Gasteiger partial charge in [0, 0.05) is 12.5 Å². The molecule has 0 aromatic carbocycles. The fourth-order valence-electron chi connectivity index (χ4n) is 7.48. The fraction of sp³-hybridized carbons (Fsp3) is 0.970. The van der Waals surface area contributed by atoms with Crippen molar-refractivity contribution in [3.63, 3.8) is 0 Å². The maximum Gasteiger partial charge on any atom is 0.217 e. The number of aliphatic hydroxyl groups excluding tert-OH is 12. The van der Waals surface area contributed by atoms with Gasteiger partial charge in [-0.05, 0) is 34.1 Å². The Balaban J connectivity index is 1.48. The third-order valence-corrected chi connectivity index (χ3v) is 9.90. The van der Waals surface area contributed by atoms with Crippen LogP contribution in [0.15, 0.2) is 0 Å². The third-order valence-electron chi connectivity index (χ3n) is 9.90. The number of carbonyl (C=O) groups excluding carboxylic acids is 1. The van der Waals surface area contributed by atoms with Crippen LogP contribution in [0.2, 0.25) is 0 Å². The van der Waals surface area contributed by atoms with Gasteiger partial charge in [0.1, 0.15) is 97.6 Å². The Kier molecular flexibility index (Phi) is 16.3. The predicted molar refractivity (Wildman–Crippen MR) is 181 cm³/mol. The van der Waals surface area contributed by atoms with Crippen molar-refractivity contribution in [2.75, 3.05) is 26.4 Å². The van der Waals surface area contributed by atoms with Crippen LogP contribution in [-0.4, -0.2) is 228 Å². The van der Waals surface area contributed by atoms with Crippen LogP contribution in [0.4, 0.5) is 0 Å². The first-order valence-electron chi connectivity index (χ1n) is 18.3. The van der Waals surface area contributed by atoms with Crippen molar-refractivity contribution in [1.82, 2.24) is 5.32 Å². The van der Waals surface area contributed by atoms with Gasteiger partial charge in [-0.2, -0.15) is 0 Å². The molecular formula is C33H60N2O21. The molecule has 0 aliphatic carbocycles. The monoisotopic (exact) mass is 820 g/mol. The Morgan fingerprint density at radius 2 is 0.964 bits per heavy atom. The van der Waals surface area contributed by atoms with Crippen molar-refractivity contribution in [1.29, 1.82) is 0 Å². The third kappa shape index (κ3) is 10.9. The normalized spacial score (nSPS) is 45.4. The van der Waals surface area contributed by atoms with Crippen molar-refractivity contribution < 1.29 is 104 Å². The highest BCUT2D eigenvalue weighted by Gasteiger charge is 2.56. The second kappa shape index (κ2) is 19.3. The van der Waals surface area contributed by atoms with Gasteiger partial charge in [0.15, 0.2) is 25.2 Å². The number of hydrogen-bond acceptors (Lipinski definition) is 22. The summed E-state index contributed by atoms with van der Waals surface area (Å²) in [6.45, 7) is 4.62. The van der Waals surface area contributed by atoms with E-state index in [9.17, 15) is 66.1 Å². The number of nitrogens with two attached hydrogens (primary N) is 1. The average molecular weight is 821 g/mol.